The van der Waals surface area contributed by atoms with Crippen molar-refractivity contribution in [3.8, 4) is 0 Å². The molecule has 2 N–H and O–H groups in total. The molecule has 0 aromatic carbocycles. The second-order valence-corrected chi connectivity index (χ2v) is 8.12. The molecule has 1 aromatic rings. The van der Waals surface area contributed by atoms with Gasteiger partial charge in [-0.05, 0) is 39.8 Å². The van der Waals surface area contributed by atoms with Crippen molar-refractivity contribution in [3.63, 3.8) is 0 Å². The zero-order valence-electron chi connectivity index (χ0n) is 14.5. The van der Waals surface area contributed by atoms with Crippen LogP contribution in [0.5, 0.6) is 0 Å². The van der Waals surface area contributed by atoms with Gasteiger partial charge in [0, 0.05) is 35.9 Å². The molecule has 0 bridgehead atoms. The van der Waals surface area contributed by atoms with E-state index in [0.717, 1.165) is 9.75 Å². The highest BCUT2D eigenvalue weighted by atomic mass is 32.1. The van der Waals surface area contributed by atoms with Crippen LogP contribution in [0.3, 0.4) is 0 Å². The predicted molar refractivity (Wildman–Crippen MR) is 91.9 cm³/mol. The van der Waals surface area contributed by atoms with Crippen LogP contribution in [0.4, 0.5) is 4.79 Å². The van der Waals surface area contributed by atoms with Gasteiger partial charge in [0.25, 0.3) is 0 Å². The van der Waals surface area contributed by atoms with Gasteiger partial charge in [0.1, 0.15) is 5.60 Å². The summed E-state index contributed by atoms with van der Waals surface area (Å²) in [5.41, 5.74) is 2.54. The number of nitrogens with one attached hydrogen (secondary N) is 1. The first-order chi connectivity index (χ1) is 11.2. The molecule has 1 aromatic heterocycles. The van der Waals surface area contributed by atoms with Gasteiger partial charge in [0.05, 0.1) is 0 Å². The van der Waals surface area contributed by atoms with Crippen molar-refractivity contribution in [1.82, 2.24) is 15.3 Å². The number of carbonyl (C=O) groups excluding carboxylic acids is 1. The Hall–Kier alpha value is -1.64. The quantitative estimate of drug-likeness (QED) is 0.862. The minimum Gasteiger partial charge on any atom is -0.480 e. The number of piperazine rings is 1. The maximum atomic E-state index is 12.0. The number of hydrazine groups is 1. The molecule has 1 unspecified atom stereocenters. The minimum atomic E-state index is -0.911. The molecular weight excluding hydrogens is 330 g/mol. The summed E-state index contributed by atoms with van der Waals surface area (Å²) in [4.78, 5) is 27.1. The normalized spacial score (nSPS) is 17.6. The van der Waals surface area contributed by atoms with Gasteiger partial charge in [0.2, 0.25) is 0 Å². The first-order valence-electron chi connectivity index (χ1n) is 7.94. The summed E-state index contributed by atoms with van der Waals surface area (Å²) in [6.07, 6.45) is -0.328. The van der Waals surface area contributed by atoms with Crippen LogP contribution in [-0.4, -0.2) is 58.9 Å². The number of amides is 1. The van der Waals surface area contributed by atoms with Crippen LogP contribution in [0, 0.1) is 6.92 Å². The molecule has 0 saturated carbocycles. The van der Waals surface area contributed by atoms with Gasteiger partial charge in [-0.1, -0.05) is 0 Å². The van der Waals surface area contributed by atoms with Crippen LogP contribution in [0.1, 0.15) is 36.6 Å². The molecule has 0 spiro atoms. The van der Waals surface area contributed by atoms with E-state index < -0.39 is 17.6 Å². The molecule has 1 aliphatic rings. The van der Waals surface area contributed by atoms with Crippen molar-refractivity contribution in [3.05, 3.63) is 21.9 Å². The third kappa shape index (κ3) is 5.19. The number of carboxylic acid groups (broad SMARTS) is 1. The molecule has 8 heteroatoms. The third-order valence-electron chi connectivity index (χ3n) is 3.54. The van der Waals surface area contributed by atoms with Gasteiger partial charge in [-0.15, -0.1) is 11.3 Å². The molecule has 2 rings (SSSR count). The third-order valence-corrected chi connectivity index (χ3v) is 4.60. The maximum absolute atomic E-state index is 12.0. The maximum Gasteiger partial charge on any atom is 0.410 e. The predicted octanol–water partition coefficient (Wildman–Crippen LogP) is 2.24. The van der Waals surface area contributed by atoms with E-state index in [0.29, 0.717) is 26.2 Å². The fraction of sp³-hybridized carbons (Fsp3) is 0.625. The van der Waals surface area contributed by atoms with Crippen molar-refractivity contribution < 1.29 is 19.4 Å². The van der Waals surface area contributed by atoms with Crippen molar-refractivity contribution in [2.24, 2.45) is 0 Å². The fourth-order valence-corrected chi connectivity index (χ4v) is 3.29. The summed E-state index contributed by atoms with van der Waals surface area (Å²) in [6.45, 7) is 9.55. The van der Waals surface area contributed by atoms with E-state index in [-0.39, 0.29) is 6.09 Å². The van der Waals surface area contributed by atoms with E-state index in [9.17, 15) is 14.7 Å². The molecule has 1 fully saturated rings. The SMILES string of the molecule is Cc1ccc(C(NN2CCN(C(=O)OC(C)(C)C)CC2)C(=O)O)s1. The van der Waals surface area contributed by atoms with Gasteiger partial charge in [-0.2, -0.15) is 0 Å². The molecule has 0 radical (unpaired) electrons. The topological polar surface area (TPSA) is 82.1 Å². The summed E-state index contributed by atoms with van der Waals surface area (Å²) in [5, 5.41) is 11.3. The lowest BCUT2D eigenvalue weighted by molar-refractivity contribution is -0.141. The summed E-state index contributed by atoms with van der Waals surface area (Å²) in [6, 6.07) is 2.98. The average Bonchev–Trinajstić information content (AvgIpc) is 2.89. The van der Waals surface area contributed by atoms with Crippen molar-refractivity contribution in [2.75, 3.05) is 26.2 Å². The van der Waals surface area contributed by atoms with Crippen LogP contribution in [0.2, 0.25) is 0 Å². The Bertz CT molecular complexity index is 588. The number of hydrogen-bond donors (Lipinski definition) is 2. The Kier molecular flexibility index (Phi) is 5.84. The largest absolute Gasteiger partial charge is 0.480 e. The molecule has 7 nitrogen and oxygen atoms in total. The molecule has 1 atom stereocenters. The van der Waals surface area contributed by atoms with Crippen LogP contribution in [0.25, 0.3) is 0 Å². The van der Waals surface area contributed by atoms with Gasteiger partial charge in [-0.3, -0.25) is 4.79 Å². The number of aryl methyl sites for hydroxylation is 1. The molecule has 1 saturated heterocycles. The second kappa shape index (κ2) is 7.50. The molecule has 1 aliphatic heterocycles. The zero-order valence-corrected chi connectivity index (χ0v) is 15.4. The van der Waals surface area contributed by atoms with Crippen LogP contribution in [0.15, 0.2) is 12.1 Å². The first kappa shape index (κ1) is 18.7. The lowest BCUT2D eigenvalue weighted by Crippen LogP contribution is -2.55. The van der Waals surface area contributed by atoms with Gasteiger partial charge >= 0.3 is 12.1 Å². The van der Waals surface area contributed by atoms with Crippen molar-refractivity contribution >= 4 is 23.4 Å². The Morgan fingerprint density at radius 1 is 1.25 bits per heavy atom. The number of aliphatic carboxylic acids is 1. The van der Waals surface area contributed by atoms with Gasteiger partial charge < -0.3 is 14.7 Å². The molecular formula is C16H25N3O4S. The summed E-state index contributed by atoms with van der Waals surface area (Å²) >= 11 is 1.47. The number of ether oxygens (including phenoxy) is 1. The van der Waals surface area contributed by atoms with E-state index in [2.05, 4.69) is 5.43 Å². The minimum absolute atomic E-state index is 0.328. The zero-order chi connectivity index (χ0) is 17.9. The highest BCUT2D eigenvalue weighted by Crippen LogP contribution is 2.23. The van der Waals surface area contributed by atoms with E-state index in [1.807, 2.05) is 44.8 Å². The number of carbonyl (C=O) groups is 2. The lowest BCUT2D eigenvalue weighted by atomic mass is 10.2. The first-order valence-corrected chi connectivity index (χ1v) is 8.75. The van der Waals surface area contributed by atoms with Gasteiger partial charge in [0.15, 0.2) is 6.04 Å². The van der Waals surface area contributed by atoms with Crippen LogP contribution < -0.4 is 5.43 Å². The lowest BCUT2D eigenvalue weighted by Gasteiger charge is -2.36. The monoisotopic (exact) mass is 355 g/mol. The number of hydrogen-bond acceptors (Lipinski definition) is 6. The number of thiophene rings is 1. The Balaban J connectivity index is 1.89. The average molecular weight is 355 g/mol. The Morgan fingerprint density at radius 2 is 1.88 bits per heavy atom. The van der Waals surface area contributed by atoms with E-state index in [4.69, 9.17) is 4.74 Å². The van der Waals surface area contributed by atoms with E-state index >= 15 is 0 Å². The molecule has 134 valence electrons. The highest BCUT2D eigenvalue weighted by Gasteiger charge is 2.29. The standard InChI is InChI=1S/C16H25N3O4S/c1-11-5-6-12(24-11)13(14(20)21)17-19-9-7-18(8-10-19)15(22)23-16(2,3)4/h5-6,13,17H,7-10H2,1-4H3,(H,20,21). The van der Waals surface area contributed by atoms with Crippen molar-refractivity contribution in [2.45, 2.75) is 39.3 Å². The summed E-state index contributed by atoms with van der Waals surface area (Å²) < 4.78 is 5.36. The van der Waals surface area contributed by atoms with Gasteiger partial charge in [-0.25, -0.2) is 15.2 Å². The molecule has 0 aliphatic carbocycles. The second-order valence-electron chi connectivity index (χ2n) is 6.80. The van der Waals surface area contributed by atoms with Crippen LogP contribution in [-0.2, 0) is 9.53 Å². The molecule has 1 amide bonds. The van der Waals surface area contributed by atoms with E-state index in [1.54, 1.807) is 4.90 Å². The summed E-state index contributed by atoms with van der Waals surface area (Å²) in [7, 11) is 0. The Morgan fingerprint density at radius 3 is 2.33 bits per heavy atom. The number of carboxylic acids is 1. The Labute approximate surface area is 146 Å². The number of nitrogens with zero attached hydrogens (tertiary/aromatic N) is 2. The number of rotatable bonds is 4. The van der Waals surface area contributed by atoms with Crippen molar-refractivity contribution in [1.29, 1.82) is 0 Å². The summed E-state index contributed by atoms with van der Waals surface area (Å²) in [5.74, 6) is -0.911. The fourth-order valence-electron chi connectivity index (χ4n) is 2.38. The van der Waals surface area contributed by atoms with E-state index in [1.165, 1.54) is 11.3 Å². The smallest absolute Gasteiger partial charge is 0.410 e. The highest BCUT2D eigenvalue weighted by molar-refractivity contribution is 7.12. The molecule has 24 heavy (non-hydrogen) atoms. The van der Waals surface area contributed by atoms with Crippen LogP contribution >= 0.6 is 11.3 Å². The molecule has 2 heterocycles.